The third-order valence-corrected chi connectivity index (χ3v) is 3.10. The molecule has 0 bridgehead atoms. The van der Waals surface area contributed by atoms with E-state index >= 15 is 0 Å². The van der Waals surface area contributed by atoms with Crippen LogP contribution in [0.5, 0.6) is 5.75 Å². The van der Waals surface area contributed by atoms with Crippen molar-refractivity contribution in [2.24, 2.45) is 0 Å². The van der Waals surface area contributed by atoms with E-state index in [1.54, 1.807) is 19.2 Å². The molecule has 0 radical (unpaired) electrons. The normalized spacial score (nSPS) is 10.8. The zero-order valence-electron chi connectivity index (χ0n) is 10.8. The molecule has 1 N–H and O–H groups in total. The highest BCUT2D eigenvalue weighted by Gasteiger charge is 2.09. The fourth-order valence-electron chi connectivity index (χ4n) is 2.08. The fraction of sp³-hybridized carbons (Fsp3) is 0.143. The zero-order valence-corrected chi connectivity index (χ0v) is 10.8. The van der Waals surface area contributed by atoms with Crippen molar-refractivity contribution in [3.05, 3.63) is 63.2 Å². The van der Waals surface area contributed by atoms with Crippen molar-refractivity contribution >= 4 is 10.9 Å². The van der Waals surface area contributed by atoms with E-state index in [2.05, 4.69) is 4.98 Å². The molecule has 102 valence electrons. The van der Waals surface area contributed by atoms with Crippen molar-refractivity contribution in [1.82, 2.24) is 9.55 Å². The second kappa shape index (κ2) is 4.73. The van der Waals surface area contributed by atoms with Crippen LogP contribution < -0.4 is 16.0 Å². The van der Waals surface area contributed by atoms with Gasteiger partial charge in [0.25, 0.3) is 5.56 Å². The number of hydrogen-bond acceptors (Lipinski definition) is 4. The smallest absolute Gasteiger partial charge is 0.329 e. The van der Waals surface area contributed by atoms with Gasteiger partial charge in [0.05, 0.1) is 19.2 Å². The van der Waals surface area contributed by atoms with E-state index < -0.39 is 5.69 Å². The van der Waals surface area contributed by atoms with Crippen LogP contribution in [-0.4, -0.2) is 16.7 Å². The van der Waals surface area contributed by atoms with E-state index in [0.29, 0.717) is 16.7 Å². The third-order valence-electron chi connectivity index (χ3n) is 3.10. The van der Waals surface area contributed by atoms with Crippen molar-refractivity contribution in [2.45, 2.75) is 6.54 Å². The fourth-order valence-corrected chi connectivity index (χ4v) is 2.08. The predicted molar refractivity (Wildman–Crippen MR) is 73.2 cm³/mol. The first kappa shape index (κ1) is 12.3. The maximum Gasteiger partial charge on any atom is 0.329 e. The summed E-state index contributed by atoms with van der Waals surface area (Å²) >= 11 is 0. The van der Waals surface area contributed by atoms with Gasteiger partial charge in [-0.3, -0.25) is 9.36 Å². The minimum atomic E-state index is -0.466. The number of furan rings is 1. The Balaban J connectivity index is 2.10. The average molecular weight is 272 g/mol. The monoisotopic (exact) mass is 272 g/mol. The number of nitrogens with one attached hydrogen (secondary N) is 1. The lowest BCUT2D eigenvalue weighted by Gasteiger charge is -2.06. The van der Waals surface area contributed by atoms with Gasteiger partial charge in [0.15, 0.2) is 0 Å². The maximum atomic E-state index is 12.2. The van der Waals surface area contributed by atoms with Gasteiger partial charge in [0, 0.05) is 0 Å². The van der Waals surface area contributed by atoms with Crippen LogP contribution in [0, 0.1) is 0 Å². The number of H-pyrrole nitrogens is 1. The minimum Gasteiger partial charge on any atom is -0.497 e. The van der Waals surface area contributed by atoms with Crippen molar-refractivity contribution in [3.8, 4) is 5.75 Å². The SMILES string of the molecule is COc1cccc(Cn2c(=O)[nH]c3cocc3c2=O)c1. The molecule has 0 fully saturated rings. The quantitative estimate of drug-likeness (QED) is 0.780. The van der Waals surface area contributed by atoms with Gasteiger partial charge in [-0.1, -0.05) is 12.1 Å². The molecule has 3 rings (SSSR count). The average Bonchev–Trinajstić information content (AvgIpc) is 2.92. The van der Waals surface area contributed by atoms with Gasteiger partial charge < -0.3 is 14.1 Å². The molecule has 6 nitrogen and oxygen atoms in total. The molecule has 0 aliphatic carbocycles. The molecule has 0 amide bonds. The van der Waals surface area contributed by atoms with Gasteiger partial charge in [-0.05, 0) is 17.7 Å². The zero-order chi connectivity index (χ0) is 14.1. The second-order valence-corrected chi connectivity index (χ2v) is 4.37. The van der Waals surface area contributed by atoms with Crippen molar-refractivity contribution < 1.29 is 9.15 Å². The highest BCUT2D eigenvalue weighted by atomic mass is 16.5. The Hall–Kier alpha value is -2.76. The Morgan fingerprint density at radius 3 is 2.95 bits per heavy atom. The van der Waals surface area contributed by atoms with Crippen LogP contribution >= 0.6 is 0 Å². The lowest BCUT2D eigenvalue weighted by molar-refractivity contribution is 0.414. The van der Waals surface area contributed by atoms with E-state index in [0.717, 1.165) is 10.1 Å². The lowest BCUT2D eigenvalue weighted by atomic mass is 10.2. The molecule has 0 saturated heterocycles. The summed E-state index contributed by atoms with van der Waals surface area (Å²) in [4.78, 5) is 26.8. The second-order valence-electron chi connectivity index (χ2n) is 4.37. The summed E-state index contributed by atoms with van der Waals surface area (Å²) < 4.78 is 11.2. The Kier molecular flexibility index (Phi) is 2.90. The number of benzene rings is 1. The van der Waals surface area contributed by atoms with E-state index in [1.807, 2.05) is 12.1 Å². The Labute approximate surface area is 113 Å². The van der Waals surface area contributed by atoms with E-state index in [1.165, 1.54) is 12.5 Å². The number of methoxy groups -OCH3 is 1. The van der Waals surface area contributed by atoms with Crippen molar-refractivity contribution in [3.63, 3.8) is 0 Å². The Morgan fingerprint density at radius 1 is 1.30 bits per heavy atom. The molecule has 0 aliphatic heterocycles. The summed E-state index contributed by atoms with van der Waals surface area (Å²) in [6, 6.07) is 7.22. The summed E-state index contributed by atoms with van der Waals surface area (Å²) in [5, 5.41) is 0.354. The van der Waals surface area contributed by atoms with Gasteiger partial charge >= 0.3 is 5.69 Å². The first-order chi connectivity index (χ1) is 9.69. The van der Waals surface area contributed by atoms with Gasteiger partial charge in [0.1, 0.15) is 23.7 Å². The molecule has 0 spiro atoms. The van der Waals surface area contributed by atoms with Crippen LogP contribution in [0.25, 0.3) is 10.9 Å². The van der Waals surface area contributed by atoms with Crippen molar-refractivity contribution in [1.29, 1.82) is 0 Å². The van der Waals surface area contributed by atoms with Gasteiger partial charge in [-0.25, -0.2) is 4.79 Å². The minimum absolute atomic E-state index is 0.173. The van der Waals surface area contributed by atoms with Crippen molar-refractivity contribution in [2.75, 3.05) is 7.11 Å². The van der Waals surface area contributed by atoms with Gasteiger partial charge in [0.2, 0.25) is 0 Å². The molecular formula is C14H12N2O4. The van der Waals surface area contributed by atoms with Crippen LogP contribution in [0.2, 0.25) is 0 Å². The molecular weight excluding hydrogens is 260 g/mol. The summed E-state index contributed by atoms with van der Waals surface area (Å²) in [6.45, 7) is 0.173. The first-order valence-electron chi connectivity index (χ1n) is 6.01. The summed E-state index contributed by atoms with van der Waals surface area (Å²) in [6.07, 6.45) is 2.67. The molecule has 0 saturated carbocycles. The highest BCUT2D eigenvalue weighted by Crippen LogP contribution is 2.13. The standard InChI is InChI=1S/C14H12N2O4/c1-19-10-4-2-3-9(5-10)6-16-13(17)11-7-20-8-12(11)15-14(16)18/h2-5,7-8H,6H2,1H3,(H,15,18). The van der Waals surface area contributed by atoms with E-state index in [-0.39, 0.29) is 12.1 Å². The maximum absolute atomic E-state index is 12.2. The van der Waals surface area contributed by atoms with Crippen LogP contribution in [0.3, 0.4) is 0 Å². The third kappa shape index (κ3) is 2.01. The number of nitrogens with zero attached hydrogens (tertiary/aromatic N) is 1. The molecule has 20 heavy (non-hydrogen) atoms. The topological polar surface area (TPSA) is 77.2 Å². The lowest BCUT2D eigenvalue weighted by Crippen LogP contribution is -2.34. The van der Waals surface area contributed by atoms with Crippen LogP contribution in [-0.2, 0) is 6.54 Å². The molecule has 0 unspecified atom stereocenters. The van der Waals surface area contributed by atoms with E-state index in [4.69, 9.17) is 9.15 Å². The van der Waals surface area contributed by atoms with Crippen LogP contribution in [0.15, 0.2) is 50.8 Å². The highest BCUT2D eigenvalue weighted by molar-refractivity contribution is 5.75. The number of ether oxygens (including phenoxy) is 1. The largest absolute Gasteiger partial charge is 0.497 e. The number of rotatable bonds is 3. The molecule has 2 heterocycles. The van der Waals surface area contributed by atoms with Gasteiger partial charge in [-0.15, -0.1) is 0 Å². The molecule has 0 atom stereocenters. The Morgan fingerprint density at radius 2 is 2.15 bits per heavy atom. The Bertz CT molecular complexity index is 873. The van der Waals surface area contributed by atoms with Gasteiger partial charge in [-0.2, -0.15) is 0 Å². The van der Waals surface area contributed by atoms with E-state index in [9.17, 15) is 9.59 Å². The number of hydrogen-bond donors (Lipinski definition) is 1. The summed E-state index contributed by atoms with van der Waals surface area (Å²) in [7, 11) is 1.57. The number of aromatic amines is 1. The molecule has 3 aromatic rings. The molecule has 2 aromatic heterocycles. The molecule has 6 heteroatoms. The predicted octanol–water partition coefficient (Wildman–Crippen LogP) is 1.34. The molecule has 1 aromatic carbocycles. The van der Waals surface area contributed by atoms with Crippen LogP contribution in [0.4, 0.5) is 0 Å². The summed E-state index contributed by atoms with van der Waals surface area (Å²) in [5.74, 6) is 0.677. The first-order valence-corrected chi connectivity index (χ1v) is 6.01. The summed E-state index contributed by atoms with van der Waals surface area (Å²) in [5.41, 5.74) is 0.369. The molecule has 0 aliphatic rings. The number of fused-ring (bicyclic) bond motifs is 1. The number of aromatic nitrogens is 2. The van der Waals surface area contributed by atoms with Crippen LogP contribution in [0.1, 0.15) is 5.56 Å².